The van der Waals surface area contributed by atoms with Crippen molar-refractivity contribution < 1.29 is 4.74 Å². The summed E-state index contributed by atoms with van der Waals surface area (Å²) in [5.74, 6) is 2.12. The highest BCUT2D eigenvalue weighted by molar-refractivity contribution is 9.10. The number of nitrogens with one attached hydrogen (secondary N) is 1. The van der Waals surface area contributed by atoms with Gasteiger partial charge in [-0.2, -0.15) is 0 Å². The van der Waals surface area contributed by atoms with Gasteiger partial charge in [0.05, 0.1) is 7.11 Å². The van der Waals surface area contributed by atoms with E-state index in [0.29, 0.717) is 11.8 Å². The third kappa shape index (κ3) is 2.89. The van der Waals surface area contributed by atoms with Crippen LogP contribution in [0.1, 0.15) is 49.7 Å². The summed E-state index contributed by atoms with van der Waals surface area (Å²) in [7, 11) is 1.76. The van der Waals surface area contributed by atoms with E-state index in [-0.39, 0.29) is 0 Å². The van der Waals surface area contributed by atoms with Gasteiger partial charge < -0.3 is 10.1 Å². The van der Waals surface area contributed by atoms with E-state index in [9.17, 15) is 0 Å². The predicted octanol–water partition coefficient (Wildman–Crippen LogP) is 4.05. The summed E-state index contributed by atoms with van der Waals surface area (Å²) >= 11 is 3.60. The minimum atomic E-state index is 0.491. The zero-order valence-electron chi connectivity index (χ0n) is 11.4. The number of ether oxygens (including phenoxy) is 1. The Morgan fingerprint density at radius 2 is 2.17 bits per heavy atom. The summed E-state index contributed by atoms with van der Waals surface area (Å²) in [5, 5.41) is 3.50. The lowest BCUT2D eigenvalue weighted by atomic mass is 9.84. The Kier molecular flexibility index (Phi) is 4.68. The second-order valence-electron chi connectivity index (χ2n) is 5.31. The Labute approximate surface area is 118 Å². The first-order valence-corrected chi connectivity index (χ1v) is 7.50. The molecule has 1 unspecified atom stereocenters. The third-order valence-electron chi connectivity index (χ3n) is 3.67. The summed E-state index contributed by atoms with van der Waals surface area (Å²) in [6, 6.07) is 4.35. The lowest BCUT2D eigenvalue weighted by Crippen LogP contribution is -2.29. The number of halogens is 1. The molecule has 1 atom stereocenters. The van der Waals surface area contributed by atoms with Crippen LogP contribution in [-0.4, -0.2) is 20.2 Å². The normalized spacial score (nSPS) is 20.2. The first-order valence-electron chi connectivity index (χ1n) is 6.71. The molecular weight excluding hydrogens is 290 g/mol. The van der Waals surface area contributed by atoms with Gasteiger partial charge in [0.1, 0.15) is 5.75 Å². The Morgan fingerprint density at radius 1 is 1.39 bits per heavy atom. The number of hydrogen-bond acceptors (Lipinski definition) is 2. The van der Waals surface area contributed by atoms with Gasteiger partial charge in [-0.1, -0.05) is 29.8 Å². The fourth-order valence-electron chi connectivity index (χ4n) is 2.85. The number of rotatable bonds is 3. The Balaban J connectivity index is 2.45. The van der Waals surface area contributed by atoms with Crippen molar-refractivity contribution in [2.75, 3.05) is 20.2 Å². The molecule has 0 bridgehead atoms. The molecule has 18 heavy (non-hydrogen) atoms. The molecular formula is C15H22BrNO. The van der Waals surface area contributed by atoms with E-state index in [2.05, 4.69) is 47.2 Å². The second kappa shape index (κ2) is 6.07. The molecule has 0 aromatic heterocycles. The second-order valence-corrected chi connectivity index (χ2v) is 6.22. The van der Waals surface area contributed by atoms with E-state index in [1.54, 1.807) is 7.11 Å². The van der Waals surface area contributed by atoms with Gasteiger partial charge in [0.25, 0.3) is 0 Å². The molecule has 0 saturated carbocycles. The maximum atomic E-state index is 5.57. The van der Waals surface area contributed by atoms with Crippen LogP contribution in [0.15, 0.2) is 16.6 Å². The number of benzene rings is 1. The largest absolute Gasteiger partial charge is 0.496 e. The maximum Gasteiger partial charge on any atom is 0.123 e. The fraction of sp³-hybridized carbons (Fsp3) is 0.600. The molecule has 0 amide bonds. The van der Waals surface area contributed by atoms with Crippen molar-refractivity contribution in [1.82, 2.24) is 5.32 Å². The van der Waals surface area contributed by atoms with Crippen molar-refractivity contribution >= 4 is 15.9 Å². The van der Waals surface area contributed by atoms with Gasteiger partial charge >= 0.3 is 0 Å². The first-order chi connectivity index (χ1) is 8.63. The third-order valence-corrected chi connectivity index (χ3v) is 4.13. The van der Waals surface area contributed by atoms with Crippen LogP contribution in [0, 0.1) is 0 Å². The number of piperidine rings is 1. The van der Waals surface area contributed by atoms with E-state index in [0.717, 1.165) is 23.3 Å². The highest BCUT2D eigenvalue weighted by Gasteiger charge is 2.22. The van der Waals surface area contributed by atoms with Crippen molar-refractivity contribution in [3.63, 3.8) is 0 Å². The molecule has 1 heterocycles. The van der Waals surface area contributed by atoms with Crippen molar-refractivity contribution in [1.29, 1.82) is 0 Å². The number of hydrogen-bond donors (Lipinski definition) is 1. The summed E-state index contributed by atoms with van der Waals surface area (Å²) in [6.07, 6.45) is 2.53. The fourth-order valence-corrected chi connectivity index (χ4v) is 3.31. The molecule has 1 saturated heterocycles. The molecule has 1 aromatic carbocycles. The van der Waals surface area contributed by atoms with Crippen molar-refractivity contribution in [2.24, 2.45) is 0 Å². The monoisotopic (exact) mass is 311 g/mol. The number of methoxy groups -OCH3 is 1. The quantitative estimate of drug-likeness (QED) is 0.909. The highest BCUT2D eigenvalue weighted by Crippen LogP contribution is 2.38. The van der Waals surface area contributed by atoms with Crippen LogP contribution < -0.4 is 10.1 Å². The Hall–Kier alpha value is -0.540. The maximum absolute atomic E-state index is 5.57. The summed E-state index contributed by atoms with van der Waals surface area (Å²) < 4.78 is 6.68. The summed E-state index contributed by atoms with van der Waals surface area (Å²) in [6.45, 7) is 6.72. The first kappa shape index (κ1) is 13.9. The lowest BCUT2D eigenvalue weighted by Gasteiger charge is -2.27. The van der Waals surface area contributed by atoms with Crippen LogP contribution >= 0.6 is 15.9 Å². The van der Waals surface area contributed by atoms with Gasteiger partial charge in [-0.25, -0.2) is 0 Å². The molecule has 2 nitrogen and oxygen atoms in total. The van der Waals surface area contributed by atoms with Crippen molar-refractivity contribution in [3.05, 3.63) is 27.7 Å². The van der Waals surface area contributed by atoms with Gasteiger partial charge in [0.15, 0.2) is 0 Å². The molecule has 1 fully saturated rings. The van der Waals surface area contributed by atoms with Crippen LogP contribution in [0.25, 0.3) is 0 Å². The minimum Gasteiger partial charge on any atom is -0.496 e. The molecule has 1 aliphatic heterocycles. The molecule has 0 aliphatic carbocycles. The van der Waals surface area contributed by atoms with Crippen LogP contribution in [0.3, 0.4) is 0 Å². The zero-order valence-corrected chi connectivity index (χ0v) is 13.0. The summed E-state index contributed by atoms with van der Waals surface area (Å²) in [4.78, 5) is 0. The van der Waals surface area contributed by atoms with Crippen LogP contribution in [0.5, 0.6) is 5.75 Å². The molecule has 1 N–H and O–H groups in total. The standard InChI is InChI=1S/C15H22BrNO/c1-10(2)15-13(11-5-4-6-17-9-11)7-12(16)8-14(15)18-3/h7-8,10-11,17H,4-6,9H2,1-3H3. The topological polar surface area (TPSA) is 21.3 Å². The van der Waals surface area contributed by atoms with Gasteiger partial charge in [-0.3, -0.25) is 0 Å². The lowest BCUT2D eigenvalue weighted by molar-refractivity contribution is 0.402. The molecule has 2 rings (SSSR count). The van der Waals surface area contributed by atoms with E-state index in [1.165, 1.54) is 24.0 Å². The van der Waals surface area contributed by atoms with Crippen LogP contribution in [-0.2, 0) is 0 Å². The molecule has 1 aliphatic rings. The van der Waals surface area contributed by atoms with Crippen LogP contribution in [0.4, 0.5) is 0 Å². The minimum absolute atomic E-state index is 0.491. The van der Waals surface area contributed by atoms with Crippen molar-refractivity contribution in [2.45, 2.75) is 38.5 Å². The molecule has 1 aromatic rings. The van der Waals surface area contributed by atoms with Gasteiger partial charge in [0.2, 0.25) is 0 Å². The average Bonchev–Trinajstić information content (AvgIpc) is 2.38. The van der Waals surface area contributed by atoms with Crippen LogP contribution in [0.2, 0.25) is 0 Å². The Bertz CT molecular complexity index is 411. The SMILES string of the molecule is COc1cc(Br)cc(C2CCCNC2)c1C(C)C. The summed E-state index contributed by atoms with van der Waals surface area (Å²) in [5.41, 5.74) is 2.82. The molecule has 3 heteroatoms. The van der Waals surface area contributed by atoms with Gasteiger partial charge in [0, 0.05) is 16.6 Å². The molecule has 100 valence electrons. The van der Waals surface area contributed by atoms with E-state index < -0.39 is 0 Å². The average molecular weight is 312 g/mol. The van der Waals surface area contributed by atoms with E-state index >= 15 is 0 Å². The Morgan fingerprint density at radius 3 is 2.72 bits per heavy atom. The smallest absolute Gasteiger partial charge is 0.123 e. The predicted molar refractivity (Wildman–Crippen MR) is 79.6 cm³/mol. The van der Waals surface area contributed by atoms with E-state index in [1.807, 2.05) is 0 Å². The molecule has 0 radical (unpaired) electrons. The highest BCUT2D eigenvalue weighted by atomic mass is 79.9. The van der Waals surface area contributed by atoms with Gasteiger partial charge in [-0.15, -0.1) is 0 Å². The zero-order chi connectivity index (χ0) is 13.1. The molecule has 0 spiro atoms. The van der Waals surface area contributed by atoms with Crippen molar-refractivity contribution in [3.8, 4) is 5.75 Å². The van der Waals surface area contributed by atoms with Gasteiger partial charge in [-0.05, 0) is 48.9 Å². The van der Waals surface area contributed by atoms with E-state index in [4.69, 9.17) is 4.74 Å².